The Morgan fingerprint density at radius 2 is 2.03 bits per heavy atom. The van der Waals surface area contributed by atoms with Crippen molar-refractivity contribution in [2.24, 2.45) is 10.9 Å². The third-order valence-electron chi connectivity index (χ3n) is 5.00. The number of thioether (sulfide) groups is 1. The fourth-order valence-corrected chi connectivity index (χ4v) is 4.69. The van der Waals surface area contributed by atoms with E-state index in [1.54, 1.807) is 6.08 Å². The van der Waals surface area contributed by atoms with Crippen LogP contribution in [0, 0.1) is 5.92 Å². The van der Waals surface area contributed by atoms with E-state index in [4.69, 9.17) is 19.2 Å². The number of carbonyl (C=O) groups excluding carboxylic acids is 2. The summed E-state index contributed by atoms with van der Waals surface area (Å²) in [5.74, 6) is -0.180. The molecule has 1 fully saturated rings. The summed E-state index contributed by atoms with van der Waals surface area (Å²) >= 11 is 1.31. The summed E-state index contributed by atoms with van der Waals surface area (Å²) in [7, 11) is 0. The average Bonchev–Trinajstić information content (AvgIpc) is 3.13. The Kier molecular flexibility index (Phi) is 7.56. The van der Waals surface area contributed by atoms with E-state index in [1.165, 1.54) is 16.7 Å². The molecule has 3 rings (SSSR count). The van der Waals surface area contributed by atoms with Crippen molar-refractivity contribution < 1.29 is 23.8 Å². The fraction of sp³-hybridized carbons (Fsp3) is 0.522. The van der Waals surface area contributed by atoms with Crippen LogP contribution < -0.4 is 0 Å². The molecule has 0 aromatic heterocycles. The Hall–Kier alpha value is -2.16. The van der Waals surface area contributed by atoms with Gasteiger partial charge in [0.25, 0.3) is 0 Å². The van der Waals surface area contributed by atoms with E-state index >= 15 is 0 Å². The highest BCUT2D eigenvalue weighted by Gasteiger charge is 2.49. The molecule has 0 radical (unpaired) electrons. The number of hydrogen-bond acceptors (Lipinski definition) is 7. The second-order valence-electron chi connectivity index (χ2n) is 8.63. The van der Waals surface area contributed by atoms with Crippen LogP contribution in [0.15, 0.2) is 48.0 Å². The van der Waals surface area contributed by atoms with Gasteiger partial charge in [0, 0.05) is 12.5 Å². The number of rotatable bonds is 6. The van der Waals surface area contributed by atoms with Crippen LogP contribution in [0.5, 0.6) is 0 Å². The number of ether oxygens (including phenoxy) is 3. The van der Waals surface area contributed by atoms with Gasteiger partial charge < -0.3 is 19.0 Å². The maximum Gasteiger partial charge on any atom is 0.416 e. The molecule has 1 saturated heterocycles. The van der Waals surface area contributed by atoms with Crippen molar-refractivity contribution in [2.75, 3.05) is 6.54 Å². The molecule has 31 heavy (non-hydrogen) atoms. The number of benzene rings is 1. The van der Waals surface area contributed by atoms with Crippen LogP contribution in [0.2, 0.25) is 0 Å². The molecule has 5 atom stereocenters. The van der Waals surface area contributed by atoms with Crippen LogP contribution in [0.3, 0.4) is 0 Å². The molecule has 8 heteroatoms. The van der Waals surface area contributed by atoms with Crippen LogP contribution in [0.25, 0.3) is 0 Å². The molecule has 1 amide bonds. The van der Waals surface area contributed by atoms with Gasteiger partial charge in [-0.25, -0.2) is 4.79 Å². The summed E-state index contributed by atoms with van der Waals surface area (Å²) in [6.07, 6.45) is 1.00. The fourth-order valence-electron chi connectivity index (χ4n) is 3.49. The smallest absolute Gasteiger partial charge is 0.416 e. The Bertz CT molecular complexity index is 823. The zero-order valence-electron chi connectivity index (χ0n) is 18.4. The van der Waals surface area contributed by atoms with Crippen molar-refractivity contribution in [1.82, 2.24) is 4.90 Å². The van der Waals surface area contributed by atoms with Gasteiger partial charge in [-0.05, 0) is 26.3 Å². The SMILES string of the molecule is C=CCN(C(=O)OC(C)(C)C)C1=N[C@@H]2C(OCc3ccccc3)[C@H](C)[C@@H](C=O)O[C@@H]2S1. The largest absolute Gasteiger partial charge is 0.443 e. The molecule has 1 aromatic carbocycles. The number of nitrogens with zero attached hydrogens (tertiary/aromatic N) is 2. The second kappa shape index (κ2) is 9.97. The molecule has 1 aromatic rings. The minimum absolute atomic E-state index is 0.180. The van der Waals surface area contributed by atoms with Crippen molar-refractivity contribution in [3.05, 3.63) is 48.6 Å². The van der Waals surface area contributed by atoms with Crippen LogP contribution in [0.1, 0.15) is 33.3 Å². The van der Waals surface area contributed by atoms with E-state index in [9.17, 15) is 9.59 Å². The van der Waals surface area contributed by atoms with Crippen molar-refractivity contribution >= 4 is 29.3 Å². The Labute approximate surface area is 187 Å². The van der Waals surface area contributed by atoms with Gasteiger partial charge >= 0.3 is 6.09 Å². The van der Waals surface area contributed by atoms with Gasteiger partial charge in [-0.1, -0.05) is 55.1 Å². The molecule has 2 aliphatic rings. The molecule has 0 bridgehead atoms. The number of aliphatic imine (C=N–C) groups is 1. The first-order valence-electron chi connectivity index (χ1n) is 10.4. The first kappa shape index (κ1) is 23.5. The monoisotopic (exact) mass is 446 g/mol. The van der Waals surface area contributed by atoms with Crippen molar-refractivity contribution in [2.45, 2.75) is 63.6 Å². The Balaban J connectivity index is 1.82. The number of hydrogen-bond donors (Lipinski definition) is 0. The van der Waals surface area contributed by atoms with Crippen LogP contribution in [0.4, 0.5) is 4.79 Å². The highest BCUT2D eigenvalue weighted by molar-refractivity contribution is 8.14. The molecule has 0 spiro atoms. The molecular formula is C23H30N2O5S. The van der Waals surface area contributed by atoms with Gasteiger partial charge in [0.05, 0.1) is 12.7 Å². The Morgan fingerprint density at radius 3 is 2.65 bits per heavy atom. The van der Waals surface area contributed by atoms with E-state index in [2.05, 4.69) is 6.58 Å². The summed E-state index contributed by atoms with van der Waals surface area (Å²) in [6.45, 7) is 11.8. The average molecular weight is 447 g/mol. The first-order chi connectivity index (χ1) is 14.7. The van der Waals surface area contributed by atoms with Crippen molar-refractivity contribution in [1.29, 1.82) is 0 Å². The van der Waals surface area contributed by atoms with Gasteiger partial charge in [0.15, 0.2) is 5.17 Å². The van der Waals surface area contributed by atoms with E-state index in [-0.39, 0.29) is 24.6 Å². The summed E-state index contributed by atoms with van der Waals surface area (Å²) in [4.78, 5) is 30.6. The van der Waals surface area contributed by atoms with Crippen LogP contribution in [-0.2, 0) is 25.6 Å². The lowest BCUT2D eigenvalue weighted by Crippen LogP contribution is -2.51. The summed E-state index contributed by atoms with van der Waals surface area (Å²) in [5, 5.41) is 0.483. The molecule has 7 nitrogen and oxygen atoms in total. The van der Waals surface area contributed by atoms with Crippen molar-refractivity contribution in [3.8, 4) is 0 Å². The predicted molar refractivity (Wildman–Crippen MR) is 121 cm³/mol. The number of fused-ring (bicyclic) bond motifs is 1. The van der Waals surface area contributed by atoms with Gasteiger partial charge in [-0.2, -0.15) is 0 Å². The molecule has 0 N–H and O–H groups in total. The number of amides is 1. The summed E-state index contributed by atoms with van der Waals surface area (Å²) < 4.78 is 17.8. The van der Waals surface area contributed by atoms with Crippen LogP contribution >= 0.6 is 11.8 Å². The minimum atomic E-state index is -0.637. The molecule has 2 heterocycles. The standard InChI is InChI=1S/C23H30N2O5S/c1-6-12-25(22(27)30-23(3,4)5)21-24-18-19(28-14-16-10-8-7-9-11-16)15(2)17(13-26)29-20(18)31-21/h6-11,13,15,17-20H,1,12,14H2,2-5H3/t15-,17-,18-,19?,20-/m1/s1. The molecule has 1 unspecified atom stereocenters. The maximum absolute atomic E-state index is 12.8. The minimum Gasteiger partial charge on any atom is -0.443 e. The predicted octanol–water partition coefficient (Wildman–Crippen LogP) is 4.03. The molecule has 168 valence electrons. The number of amidine groups is 1. The summed E-state index contributed by atoms with van der Waals surface area (Å²) in [6, 6.07) is 9.51. The van der Waals surface area contributed by atoms with E-state index in [0.29, 0.717) is 11.8 Å². The lowest BCUT2D eigenvalue weighted by Gasteiger charge is -2.39. The molecule has 0 saturated carbocycles. The van der Waals surface area contributed by atoms with E-state index < -0.39 is 23.2 Å². The lowest BCUT2D eigenvalue weighted by atomic mass is 9.90. The third-order valence-corrected chi connectivity index (χ3v) is 6.16. The lowest BCUT2D eigenvalue weighted by molar-refractivity contribution is -0.150. The van der Waals surface area contributed by atoms with Gasteiger partial charge in [0.2, 0.25) is 0 Å². The Morgan fingerprint density at radius 1 is 1.32 bits per heavy atom. The molecular weight excluding hydrogens is 416 g/mol. The molecule has 2 aliphatic heterocycles. The number of carbonyl (C=O) groups is 2. The topological polar surface area (TPSA) is 77.4 Å². The van der Waals surface area contributed by atoms with E-state index in [1.807, 2.05) is 58.0 Å². The first-order valence-corrected chi connectivity index (χ1v) is 11.2. The highest BCUT2D eigenvalue weighted by Crippen LogP contribution is 2.41. The zero-order chi connectivity index (χ0) is 22.6. The highest BCUT2D eigenvalue weighted by atomic mass is 32.2. The molecule has 0 aliphatic carbocycles. The quantitative estimate of drug-likeness (QED) is 0.485. The second-order valence-corrected chi connectivity index (χ2v) is 9.69. The van der Waals surface area contributed by atoms with Crippen LogP contribution in [-0.4, -0.2) is 58.3 Å². The van der Waals surface area contributed by atoms with Gasteiger partial charge in [-0.3, -0.25) is 9.89 Å². The zero-order valence-corrected chi connectivity index (χ0v) is 19.2. The van der Waals surface area contributed by atoms with Gasteiger partial charge in [0.1, 0.15) is 29.5 Å². The summed E-state index contributed by atoms with van der Waals surface area (Å²) in [5.41, 5.74) is -0.0172. The van der Waals surface area contributed by atoms with E-state index in [0.717, 1.165) is 11.8 Å². The third kappa shape index (κ3) is 5.75. The maximum atomic E-state index is 12.8. The normalized spacial score (nSPS) is 27.7. The van der Waals surface area contributed by atoms with Gasteiger partial charge in [-0.15, -0.1) is 6.58 Å². The van der Waals surface area contributed by atoms with Crippen molar-refractivity contribution in [3.63, 3.8) is 0 Å². The number of aldehydes is 1.